The molecule has 2 nitrogen and oxygen atoms in total. The number of ether oxygens (including phenoxy) is 1. The van der Waals surface area contributed by atoms with Crippen molar-refractivity contribution in [3.63, 3.8) is 0 Å². The van der Waals surface area contributed by atoms with Crippen LogP contribution < -0.4 is 0 Å². The zero-order valence-electron chi connectivity index (χ0n) is 6.00. The number of hydrogen-bond donors (Lipinski definition) is 1. The Kier molecular flexibility index (Phi) is 2.09. The van der Waals surface area contributed by atoms with Crippen LogP contribution in [0.5, 0.6) is 0 Å². The highest BCUT2D eigenvalue weighted by Gasteiger charge is 2.23. The Morgan fingerprint density at radius 1 is 1.33 bits per heavy atom. The van der Waals surface area contributed by atoms with Crippen molar-refractivity contribution in [3.05, 3.63) is 0 Å². The second-order valence-corrected chi connectivity index (χ2v) is 2.80. The molecule has 0 radical (unpaired) electrons. The highest BCUT2D eigenvalue weighted by atomic mass is 16.5. The van der Waals surface area contributed by atoms with Crippen molar-refractivity contribution in [1.82, 2.24) is 0 Å². The third-order valence-electron chi connectivity index (χ3n) is 1.86. The maximum absolute atomic E-state index is 9.17. The summed E-state index contributed by atoms with van der Waals surface area (Å²) in [5.41, 5.74) is 0. The fourth-order valence-corrected chi connectivity index (χ4v) is 1.17. The Morgan fingerprint density at radius 3 is 2.44 bits per heavy atom. The van der Waals surface area contributed by atoms with Crippen LogP contribution >= 0.6 is 0 Å². The molecule has 1 fully saturated rings. The number of rotatable bonds is 0. The molecular weight excluding hydrogens is 116 g/mol. The summed E-state index contributed by atoms with van der Waals surface area (Å²) < 4.78 is 5.35. The van der Waals surface area contributed by atoms with Gasteiger partial charge in [0.2, 0.25) is 0 Å². The van der Waals surface area contributed by atoms with Crippen molar-refractivity contribution in [3.8, 4) is 0 Å². The molecule has 3 atom stereocenters. The fourth-order valence-electron chi connectivity index (χ4n) is 1.17. The summed E-state index contributed by atoms with van der Waals surface area (Å²) in [5, 5.41) is 9.17. The van der Waals surface area contributed by atoms with Crippen molar-refractivity contribution in [2.24, 2.45) is 0 Å². The summed E-state index contributed by atoms with van der Waals surface area (Å²) in [6.45, 7) is 3.96. The molecule has 0 aromatic heterocycles. The lowest BCUT2D eigenvalue weighted by molar-refractivity contribution is -0.101. The first-order valence-corrected chi connectivity index (χ1v) is 3.53. The van der Waals surface area contributed by atoms with Gasteiger partial charge in [-0.15, -0.1) is 0 Å². The summed E-state index contributed by atoms with van der Waals surface area (Å²) in [6.07, 6.45) is 2.02. The molecule has 1 heterocycles. The minimum atomic E-state index is -0.235. The van der Waals surface area contributed by atoms with Crippen molar-refractivity contribution < 1.29 is 9.84 Å². The Bertz CT molecular complexity index is 92.9. The molecule has 1 N–H and O–H groups in total. The van der Waals surface area contributed by atoms with Crippen molar-refractivity contribution >= 4 is 0 Å². The average molecular weight is 130 g/mol. The van der Waals surface area contributed by atoms with Gasteiger partial charge in [0.15, 0.2) is 0 Å². The van der Waals surface area contributed by atoms with E-state index in [0.717, 1.165) is 12.8 Å². The molecule has 0 aromatic carbocycles. The van der Waals surface area contributed by atoms with E-state index in [9.17, 15) is 5.11 Å². The Balaban J connectivity index is 2.35. The van der Waals surface area contributed by atoms with E-state index in [0.29, 0.717) is 6.10 Å². The van der Waals surface area contributed by atoms with E-state index in [1.165, 1.54) is 0 Å². The Hall–Kier alpha value is -0.0800. The molecule has 0 spiro atoms. The lowest BCUT2D eigenvalue weighted by Crippen LogP contribution is -2.35. The van der Waals surface area contributed by atoms with Crippen LogP contribution in [0.3, 0.4) is 0 Å². The molecule has 0 aliphatic carbocycles. The predicted molar refractivity (Wildman–Crippen MR) is 35.2 cm³/mol. The standard InChI is InChI=1S/C7H14O2/c1-5-3-4-7(8)6(2)9-5/h5-8H,3-4H2,1-2H3/t5-,6+,7+/m0/s1. The van der Waals surface area contributed by atoms with Crippen molar-refractivity contribution in [2.75, 3.05) is 0 Å². The van der Waals surface area contributed by atoms with Crippen LogP contribution in [0.15, 0.2) is 0 Å². The van der Waals surface area contributed by atoms with Gasteiger partial charge in [-0.3, -0.25) is 0 Å². The van der Waals surface area contributed by atoms with E-state index in [1.54, 1.807) is 0 Å². The monoisotopic (exact) mass is 130 g/mol. The highest BCUT2D eigenvalue weighted by Crippen LogP contribution is 2.18. The van der Waals surface area contributed by atoms with Gasteiger partial charge in [0, 0.05) is 0 Å². The number of aliphatic hydroxyl groups is 1. The quantitative estimate of drug-likeness (QED) is 0.528. The van der Waals surface area contributed by atoms with Crippen LogP contribution in [0, 0.1) is 0 Å². The lowest BCUT2D eigenvalue weighted by atomic mass is 10.0. The van der Waals surface area contributed by atoms with Gasteiger partial charge >= 0.3 is 0 Å². The van der Waals surface area contributed by atoms with E-state index >= 15 is 0 Å². The summed E-state index contributed by atoms with van der Waals surface area (Å²) in [7, 11) is 0. The molecule has 0 saturated carbocycles. The minimum Gasteiger partial charge on any atom is -0.390 e. The second kappa shape index (κ2) is 2.67. The fraction of sp³-hybridized carbons (Fsp3) is 1.00. The van der Waals surface area contributed by atoms with Gasteiger partial charge in [-0.05, 0) is 26.7 Å². The van der Waals surface area contributed by atoms with Crippen LogP contribution in [0.25, 0.3) is 0 Å². The molecule has 0 unspecified atom stereocenters. The molecular formula is C7H14O2. The smallest absolute Gasteiger partial charge is 0.0809 e. The van der Waals surface area contributed by atoms with Gasteiger partial charge in [-0.25, -0.2) is 0 Å². The molecule has 0 bridgehead atoms. The topological polar surface area (TPSA) is 29.5 Å². The van der Waals surface area contributed by atoms with Gasteiger partial charge < -0.3 is 9.84 Å². The van der Waals surface area contributed by atoms with E-state index in [-0.39, 0.29) is 12.2 Å². The third-order valence-corrected chi connectivity index (χ3v) is 1.86. The molecule has 1 rings (SSSR count). The highest BCUT2D eigenvalue weighted by molar-refractivity contribution is 4.72. The molecule has 1 aliphatic rings. The normalized spacial score (nSPS) is 45.0. The molecule has 1 saturated heterocycles. The van der Waals surface area contributed by atoms with Crippen molar-refractivity contribution in [2.45, 2.75) is 45.0 Å². The molecule has 1 aliphatic heterocycles. The van der Waals surface area contributed by atoms with Gasteiger partial charge in [0.1, 0.15) is 0 Å². The zero-order valence-corrected chi connectivity index (χ0v) is 6.00. The summed E-state index contributed by atoms with van der Waals surface area (Å²) >= 11 is 0. The third kappa shape index (κ3) is 1.66. The Morgan fingerprint density at radius 2 is 2.00 bits per heavy atom. The van der Waals surface area contributed by atoms with E-state index in [4.69, 9.17) is 4.74 Å². The minimum absolute atomic E-state index is 0.0359. The van der Waals surface area contributed by atoms with Crippen LogP contribution in [0.4, 0.5) is 0 Å². The van der Waals surface area contributed by atoms with Crippen LogP contribution in [0.1, 0.15) is 26.7 Å². The summed E-state index contributed by atoms with van der Waals surface area (Å²) in [5.74, 6) is 0. The molecule has 9 heavy (non-hydrogen) atoms. The van der Waals surface area contributed by atoms with Crippen molar-refractivity contribution in [1.29, 1.82) is 0 Å². The van der Waals surface area contributed by atoms with E-state index < -0.39 is 0 Å². The van der Waals surface area contributed by atoms with E-state index in [2.05, 4.69) is 0 Å². The maximum Gasteiger partial charge on any atom is 0.0809 e. The van der Waals surface area contributed by atoms with Crippen LogP contribution in [-0.2, 0) is 4.74 Å². The summed E-state index contributed by atoms with van der Waals surface area (Å²) in [4.78, 5) is 0. The Labute approximate surface area is 55.8 Å². The SMILES string of the molecule is C[C@H]1CC[C@@H](O)[C@@H](C)O1. The van der Waals surface area contributed by atoms with E-state index in [1.807, 2.05) is 13.8 Å². The van der Waals surface area contributed by atoms with Gasteiger partial charge in [-0.1, -0.05) is 0 Å². The van der Waals surface area contributed by atoms with Crippen LogP contribution in [-0.4, -0.2) is 23.4 Å². The predicted octanol–water partition coefficient (Wildman–Crippen LogP) is 0.935. The average Bonchev–Trinajstić information content (AvgIpc) is 1.80. The molecule has 0 aromatic rings. The van der Waals surface area contributed by atoms with Gasteiger partial charge in [-0.2, -0.15) is 0 Å². The number of hydrogen-bond acceptors (Lipinski definition) is 2. The van der Waals surface area contributed by atoms with Crippen LogP contribution in [0.2, 0.25) is 0 Å². The van der Waals surface area contributed by atoms with Gasteiger partial charge in [0.25, 0.3) is 0 Å². The summed E-state index contributed by atoms with van der Waals surface area (Å²) in [6, 6.07) is 0. The zero-order chi connectivity index (χ0) is 6.85. The molecule has 0 amide bonds. The first-order valence-electron chi connectivity index (χ1n) is 3.53. The molecule has 54 valence electrons. The van der Waals surface area contributed by atoms with Gasteiger partial charge in [0.05, 0.1) is 18.3 Å². The maximum atomic E-state index is 9.17. The largest absolute Gasteiger partial charge is 0.390 e. The number of aliphatic hydroxyl groups excluding tert-OH is 1. The molecule has 2 heteroatoms. The lowest BCUT2D eigenvalue weighted by Gasteiger charge is -2.29. The second-order valence-electron chi connectivity index (χ2n) is 2.80. The first kappa shape index (κ1) is 7.03. The first-order chi connectivity index (χ1) is 4.20.